The molecule has 5 nitrogen and oxygen atoms in total. The fraction of sp³-hybridized carbons (Fsp3) is 0.667. The van der Waals surface area contributed by atoms with E-state index in [-0.39, 0.29) is 12.3 Å². The molecule has 0 aliphatic carbocycles. The Labute approximate surface area is 119 Å². The Bertz CT molecular complexity index is 457. The van der Waals surface area contributed by atoms with Gasteiger partial charge in [0, 0.05) is 29.5 Å². The van der Waals surface area contributed by atoms with E-state index in [0.717, 1.165) is 55.1 Å². The smallest absolute Gasteiger partial charge is 0.307 e. The molecule has 0 radical (unpaired) electrons. The van der Waals surface area contributed by atoms with Gasteiger partial charge in [-0.05, 0) is 25.7 Å². The Balaban J connectivity index is 2.37. The Morgan fingerprint density at radius 1 is 1.30 bits per heavy atom. The van der Waals surface area contributed by atoms with E-state index in [4.69, 9.17) is 9.84 Å². The largest absolute Gasteiger partial charge is 0.481 e. The highest BCUT2D eigenvalue weighted by Gasteiger charge is 2.22. The molecular formula is C15H22N2O3. The average molecular weight is 278 g/mol. The minimum Gasteiger partial charge on any atom is -0.481 e. The van der Waals surface area contributed by atoms with Crippen molar-refractivity contribution in [1.82, 2.24) is 9.97 Å². The van der Waals surface area contributed by atoms with Crippen LogP contribution in [-0.4, -0.2) is 34.3 Å². The first-order chi connectivity index (χ1) is 9.65. The van der Waals surface area contributed by atoms with Crippen LogP contribution in [-0.2, 0) is 28.8 Å². The van der Waals surface area contributed by atoms with Crippen molar-refractivity contribution >= 4 is 5.97 Å². The van der Waals surface area contributed by atoms with Crippen LogP contribution in [0.2, 0.25) is 0 Å². The van der Waals surface area contributed by atoms with E-state index in [9.17, 15) is 4.79 Å². The van der Waals surface area contributed by atoms with Crippen LogP contribution >= 0.6 is 0 Å². The number of nitrogens with zero attached hydrogens (tertiary/aromatic N) is 2. The maximum absolute atomic E-state index is 11.0. The zero-order chi connectivity index (χ0) is 14.5. The number of hydrogen-bond donors (Lipinski definition) is 1. The summed E-state index contributed by atoms with van der Waals surface area (Å²) in [7, 11) is 0. The van der Waals surface area contributed by atoms with Gasteiger partial charge in [-0.3, -0.25) is 4.79 Å². The highest BCUT2D eigenvalue weighted by molar-refractivity contribution is 5.71. The number of carboxylic acid groups (broad SMARTS) is 1. The van der Waals surface area contributed by atoms with Crippen molar-refractivity contribution in [3.63, 3.8) is 0 Å². The van der Waals surface area contributed by atoms with E-state index >= 15 is 0 Å². The van der Waals surface area contributed by atoms with Gasteiger partial charge in [-0.15, -0.1) is 0 Å². The highest BCUT2D eigenvalue weighted by atomic mass is 16.5. The van der Waals surface area contributed by atoms with Crippen LogP contribution in [0.1, 0.15) is 55.4 Å². The van der Waals surface area contributed by atoms with E-state index in [1.165, 1.54) is 0 Å². The minimum atomic E-state index is -0.827. The second kappa shape index (κ2) is 6.79. The predicted octanol–water partition coefficient (Wildman–Crippen LogP) is 2.12. The van der Waals surface area contributed by atoms with Crippen molar-refractivity contribution in [1.29, 1.82) is 0 Å². The quantitative estimate of drug-likeness (QED) is 0.893. The van der Waals surface area contributed by atoms with E-state index in [1.54, 1.807) is 0 Å². The van der Waals surface area contributed by atoms with Crippen molar-refractivity contribution in [3.05, 3.63) is 22.8 Å². The number of rotatable bonds is 5. The molecule has 5 heteroatoms. The maximum Gasteiger partial charge on any atom is 0.307 e. The van der Waals surface area contributed by atoms with Gasteiger partial charge in [-0.1, -0.05) is 13.8 Å². The number of aliphatic carboxylic acids is 1. The third kappa shape index (κ3) is 3.33. The molecule has 1 aliphatic heterocycles. The van der Waals surface area contributed by atoms with Gasteiger partial charge in [0.1, 0.15) is 5.82 Å². The molecule has 1 N–H and O–H groups in total. The predicted molar refractivity (Wildman–Crippen MR) is 74.9 cm³/mol. The second-order valence-electron chi connectivity index (χ2n) is 5.15. The van der Waals surface area contributed by atoms with Crippen LogP contribution in [0.5, 0.6) is 0 Å². The highest BCUT2D eigenvalue weighted by Crippen LogP contribution is 2.25. The molecule has 2 heterocycles. The number of hydrogen-bond acceptors (Lipinski definition) is 4. The van der Waals surface area contributed by atoms with Crippen molar-refractivity contribution in [2.75, 3.05) is 13.2 Å². The summed E-state index contributed by atoms with van der Waals surface area (Å²) < 4.78 is 5.50. The van der Waals surface area contributed by atoms with Gasteiger partial charge in [0.2, 0.25) is 0 Å². The standard InChI is InChI=1S/C15H22N2O3/c1-3-12-11(8-14(18)19)13(4-2)17-15(16-12)10-6-5-7-20-9-10/h10H,3-9H2,1-2H3,(H,18,19). The lowest BCUT2D eigenvalue weighted by molar-refractivity contribution is -0.136. The molecule has 1 aromatic rings. The molecule has 2 rings (SSSR count). The molecule has 20 heavy (non-hydrogen) atoms. The Hall–Kier alpha value is -1.49. The van der Waals surface area contributed by atoms with Gasteiger partial charge in [0.25, 0.3) is 0 Å². The number of aromatic nitrogens is 2. The lowest BCUT2D eigenvalue weighted by Gasteiger charge is -2.22. The first-order valence-corrected chi connectivity index (χ1v) is 7.33. The lowest BCUT2D eigenvalue weighted by Crippen LogP contribution is -2.21. The molecule has 0 bridgehead atoms. The van der Waals surface area contributed by atoms with Crippen LogP contribution in [0.4, 0.5) is 0 Å². The fourth-order valence-corrected chi connectivity index (χ4v) is 2.67. The number of carbonyl (C=O) groups is 1. The van der Waals surface area contributed by atoms with E-state index < -0.39 is 5.97 Å². The van der Waals surface area contributed by atoms with Crippen molar-refractivity contribution in [2.45, 2.75) is 51.9 Å². The molecule has 1 unspecified atom stereocenters. The van der Waals surface area contributed by atoms with Crippen LogP contribution in [0, 0.1) is 0 Å². The van der Waals surface area contributed by atoms with Gasteiger partial charge in [-0.25, -0.2) is 9.97 Å². The monoisotopic (exact) mass is 278 g/mol. The van der Waals surface area contributed by atoms with Gasteiger partial charge >= 0.3 is 5.97 Å². The van der Waals surface area contributed by atoms with E-state index in [2.05, 4.69) is 9.97 Å². The SMILES string of the molecule is CCc1nc(C2CCCOC2)nc(CC)c1CC(=O)O. The molecule has 0 amide bonds. The number of carboxylic acids is 1. The molecule has 1 aromatic heterocycles. The summed E-state index contributed by atoms with van der Waals surface area (Å²) in [5.74, 6) is 0.248. The van der Waals surface area contributed by atoms with Crippen LogP contribution < -0.4 is 0 Å². The van der Waals surface area contributed by atoms with E-state index in [0.29, 0.717) is 6.61 Å². The topological polar surface area (TPSA) is 72.3 Å². The van der Waals surface area contributed by atoms with Gasteiger partial charge in [-0.2, -0.15) is 0 Å². The number of aryl methyl sites for hydroxylation is 2. The van der Waals surface area contributed by atoms with Crippen LogP contribution in [0.3, 0.4) is 0 Å². The number of ether oxygens (including phenoxy) is 1. The summed E-state index contributed by atoms with van der Waals surface area (Å²) >= 11 is 0. The van der Waals surface area contributed by atoms with Crippen LogP contribution in [0.15, 0.2) is 0 Å². The summed E-state index contributed by atoms with van der Waals surface area (Å²) in [5.41, 5.74) is 2.54. The van der Waals surface area contributed by atoms with Gasteiger partial charge in [0.15, 0.2) is 0 Å². The first-order valence-electron chi connectivity index (χ1n) is 7.33. The molecule has 1 fully saturated rings. The third-order valence-corrected chi connectivity index (χ3v) is 3.72. The summed E-state index contributed by atoms with van der Waals surface area (Å²) in [4.78, 5) is 20.3. The molecule has 1 aliphatic rings. The minimum absolute atomic E-state index is 0.00773. The van der Waals surface area contributed by atoms with Crippen molar-refractivity contribution in [2.24, 2.45) is 0 Å². The molecule has 0 spiro atoms. The summed E-state index contributed by atoms with van der Waals surface area (Å²) in [6.45, 7) is 5.50. The molecule has 0 aromatic carbocycles. The third-order valence-electron chi connectivity index (χ3n) is 3.72. The van der Waals surface area contributed by atoms with Gasteiger partial charge < -0.3 is 9.84 Å². The zero-order valence-corrected chi connectivity index (χ0v) is 12.2. The summed E-state index contributed by atoms with van der Waals surface area (Å²) in [5, 5.41) is 9.05. The lowest BCUT2D eigenvalue weighted by atomic mass is 9.99. The van der Waals surface area contributed by atoms with Gasteiger partial charge in [0.05, 0.1) is 13.0 Å². The van der Waals surface area contributed by atoms with E-state index in [1.807, 2.05) is 13.8 Å². The molecule has 110 valence electrons. The molecule has 1 saturated heterocycles. The Morgan fingerprint density at radius 2 is 1.95 bits per heavy atom. The summed E-state index contributed by atoms with van der Waals surface area (Å²) in [6, 6.07) is 0. The normalized spacial score (nSPS) is 19.0. The van der Waals surface area contributed by atoms with Crippen molar-refractivity contribution in [3.8, 4) is 0 Å². The Kier molecular flexibility index (Phi) is 5.06. The molecular weight excluding hydrogens is 256 g/mol. The molecule has 0 saturated carbocycles. The molecule has 1 atom stereocenters. The van der Waals surface area contributed by atoms with Crippen LogP contribution in [0.25, 0.3) is 0 Å². The average Bonchev–Trinajstić information content (AvgIpc) is 2.47. The zero-order valence-electron chi connectivity index (χ0n) is 12.2. The van der Waals surface area contributed by atoms with Crippen molar-refractivity contribution < 1.29 is 14.6 Å². The second-order valence-corrected chi connectivity index (χ2v) is 5.15. The Morgan fingerprint density at radius 3 is 2.40 bits per heavy atom. The fourth-order valence-electron chi connectivity index (χ4n) is 2.67. The first kappa shape index (κ1) is 14.9. The summed E-state index contributed by atoms with van der Waals surface area (Å²) in [6.07, 6.45) is 3.56. The maximum atomic E-state index is 11.0.